The van der Waals surface area contributed by atoms with Crippen molar-refractivity contribution in [1.29, 1.82) is 0 Å². The maximum atomic E-state index is 5.49. The van der Waals surface area contributed by atoms with Crippen LogP contribution >= 0.6 is 0 Å². The van der Waals surface area contributed by atoms with E-state index in [1.165, 1.54) is 11.4 Å². The third-order valence-electron chi connectivity index (χ3n) is 3.88. The summed E-state index contributed by atoms with van der Waals surface area (Å²) in [5.41, 5.74) is 2.85. The third-order valence-corrected chi connectivity index (χ3v) is 3.88. The van der Waals surface area contributed by atoms with Crippen molar-refractivity contribution in [3.63, 3.8) is 0 Å². The summed E-state index contributed by atoms with van der Waals surface area (Å²) in [6.07, 6.45) is 5.21. The van der Waals surface area contributed by atoms with E-state index in [-0.39, 0.29) is 5.54 Å². The largest absolute Gasteiger partial charge is 0.381 e. The Labute approximate surface area is 96.0 Å². The van der Waals surface area contributed by atoms with Crippen LogP contribution in [0.2, 0.25) is 0 Å². The van der Waals surface area contributed by atoms with Gasteiger partial charge < -0.3 is 14.6 Å². The molecular formula is C12H19N3O. The van der Waals surface area contributed by atoms with E-state index in [2.05, 4.69) is 21.8 Å². The fraction of sp³-hybridized carbons (Fsp3) is 0.750. The van der Waals surface area contributed by atoms with Gasteiger partial charge in [-0.15, -0.1) is 0 Å². The molecule has 0 radical (unpaired) electrons. The Balaban J connectivity index is 2.06. The van der Waals surface area contributed by atoms with Crippen LogP contribution in [-0.2, 0) is 23.2 Å². The van der Waals surface area contributed by atoms with Gasteiger partial charge in [-0.25, -0.2) is 4.98 Å². The number of nitrogens with one attached hydrogen (secondary N) is 1. The summed E-state index contributed by atoms with van der Waals surface area (Å²) in [4.78, 5) is 4.56. The molecule has 0 bridgehead atoms. The van der Waals surface area contributed by atoms with Crippen LogP contribution in [0.15, 0.2) is 6.33 Å². The van der Waals surface area contributed by atoms with E-state index in [9.17, 15) is 0 Å². The second-order valence-electron chi connectivity index (χ2n) is 4.70. The van der Waals surface area contributed by atoms with Gasteiger partial charge in [-0.3, -0.25) is 0 Å². The molecule has 1 aromatic heterocycles. The SMILES string of the molecule is CCn1cnc2c1C1(CCOCC1)NCC2. The van der Waals surface area contributed by atoms with Crippen molar-refractivity contribution in [3.05, 3.63) is 17.7 Å². The minimum absolute atomic E-state index is 0.137. The molecule has 1 N–H and O–H groups in total. The summed E-state index contributed by atoms with van der Waals surface area (Å²) in [5, 5.41) is 3.71. The van der Waals surface area contributed by atoms with Crippen LogP contribution in [0.25, 0.3) is 0 Å². The Hall–Kier alpha value is -0.870. The third kappa shape index (κ3) is 1.40. The summed E-state index contributed by atoms with van der Waals surface area (Å²) in [6, 6.07) is 0. The van der Waals surface area contributed by atoms with E-state index >= 15 is 0 Å². The van der Waals surface area contributed by atoms with Gasteiger partial charge in [0.1, 0.15) is 0 Å². The number of hydrogen-bond donors (Lipinski definition) is 1. The Morgan fingerprint density at radius 1 is 1.50 bits per heavy atom. The summed E-state index contributed by atoms with van der Waals surface area (Å²) in [7, 11) is 0. The van der Waals surface area contributed by atoms with Gasteiger partial charge in [0.15, 0.2) is 0 Å². The zero-order chi connectivity index (χ0) is 11.0. The van der Waals surface area contributed by atoms with Gasteiger partial charge in [0, 0.05) is 32.7 Å². The van der Waals surface area contributed by atoms with Crippen molar-refractivity contribution in [1.82, 2.24) is 14.9 Å². The maximum Gasteiger partial charge on any atom is 0.0952 e. The number of aromatic nitrogens is 2. The van der Waals surface area contributed by atoms with Crippen molar-refractivity contribution in [2.45, 2.75) is 38.3 Å². The number of nitrogens with zero attached hydrogens (tertiary/aromatic N) is 2. The molecule has 0 aromatic carbocycles. The zero-order valence-electron chi connectivity index (χ0n) is 9.83. The standard InChI is InChI=1S/C12H19N3O/c1-2-15-9-13-10-3-6-14-12(11(10)15)4-7-16-8-5-12/h9,14H,2-8H2,1H3. The first-order valence-corrected chi connectivity index (χ1v) is 6.23. The number of imidazole rings is 1. The van der Waals surface area contributed by atoms with Gasteiger partial charge in [-0.2, -0.15) is 0 Å². The Morgan fingerprint density at radius 3 is 3.06 bits per heavy atom. The molecule has 1 saturated heterocycles. The highest BCUT2D eigenvalue weighted by molar-refractivity contribution is 5.27. The average Bonchev–Trinajstić information content (AvgIpc) is 2.75. The Bertz CT molecular complexity index is 366. The van der Waals surface area contributed by atoms with Crippen LogP contribution in [0.1, 0.15) is 31.2 Å². The molecule has 1 spiro atoms. The predicted molar refractivity (Wildman–Crippen MR) is 61.3 cm³/mol. The van der Waals surface area contributed by atoms with Crippen molar-refractivity contribution >= 4 is 0 Å². The lowest BCUT2D eigenvalue weighted by atomic mass is 9.82. The summed E-state index contributed by atoms with van der Waals surface area (Å²) in [6.45, 7) is 5.96. The smallest absolute Gasteiger partial charge is 0.0952 e. The van der Waals surface area contributed by atoms with E-state index in [0.717, 1.165) is 45.6 Å². The normalized spacial score (nSPS) is 23.3. The number of aryl methyl sites for hydroxylation is 1. The quantitative estimate of drug-likeness (QED) is 0.770. The van der Waals surface area contributed by atoms with Crippen molar-refractivity contribution in [2.24, 2.45) is 0 Å². The number of hydrogen-bond acceptors (Lipinski definition) is 3. The van der Waals surface area contributed by atoms with Crippen LogP contribution in [0.3, 0.4) is 0 Å². The molecule has 0 aliphatic carbocycles. The molecule has 4 nitrogen and oxygen atoms in total. The van der Waals surface area contributed by atoms with Gasteiger partial charge in [-0.05, 0) is 19.8 Å². The molecule has 3 heterocycles. The molecule has 0 saturated carbocycles. The fourth-order valence-electron chi connectivity index (χ4n) is 3.04. The van der Waals surface area contributed by atoms with Crippen LogP contribution in [0, 0.1) is 0 Å². The summed E-state index contributed by atoms with van der Waals surface area (Å²) < 4.78 is 7.79. The van der Waals surface area contributed by atoms with E-state index in [1.807, 2.05) is 6.33 Å². The summed E-state index contributed by atoms with van der Waals surface area (Å²) in [5.74, 6) is 0. The van der Waals surface area contributed by atoms with E-state index < -0.39 is 0 Å². The molecule has 0 amide bonds. The molecule has 88 valence electrons. The number of fused-ring (bicyclic) bond motifs is 2. The lowest BCUT2D eigenvalue weighted by Crippen LogP contribution is -2.51. The first kappa shape index (κ1) is 10.3. The molecule has 2 aliphatic rings. The highest BCUT2D eigenvalue weighted by Crippen LogP contribution is 2.36. The van der Waals surface area contributed by atoms with Crippen molar-refractivity contribution < 1.29 is 4.74 Å². The monoisotopic (exact) mass is 221 g/mol. The van der Waals surface area contributed by atoms with Gasteiger partial charge in [0.25, 0.3) is 0 Å². The topological polar surface area (TPSA) is 39.1 Å². The Kier molecular flexibility index (Phi) is 2.48. The first-order valence-electron chi connectivity index (χ1n) is 6.23. The Morgan fingerprint density at radius 2 is 2.31 bits per heavy atom. The highest BCUT2D eigenvalue weighted by Gasteiger charge is 2.40. The van der Waals surface area contributed by atoms with E-state index in [1.54, 1.807) is 0 Å². The number of rotatable bonds is 1. The lowest BCUT2D eigenvalue weighted by molar-refractivity contribution is 0.0307. The second kappa shape index (κ2) is 3.86. The van der Waals surface area contributed by atoms with Crippen LogP contribution in [0.4, 0.5) is 0 Å². The van der Waals surface area contributed by atoms with E-state index in [0.29, 0.717) is 0 Å². The van der Waals surface area contributed by atoms with Crippen molar-refractivity contribution in [2.75, 3.05) is 19.8 Å². The van der Waals surface area contributed by atoms with Crippen molar-refractivity contribution in [3.8, 4) is 0 Å². The zero-order valence-corrected chi connectivity index (χ0v) is 9.83. The molecule has 0 atom stereocenters. The molecule has 1 fully saturated rings. The molecule has 2 aliphatic heterocycles. The average molecular weight is 221 g/mol. The van der Waals surface area contributed by atoms with Gasteiger partial charge in [0.2, 0.25) is 0 Å². The molecule has 4 heteroatoms. The molecule has 3 rings (SSSR count). The molecule has 0 unspecified atom stereocenters. The van der Waals surface area contributed by atoms with Gasteiger partial charge in [0.05, 0.1) is 23.3 Å². The fourth-order valence-corrected chi connectivity index (χ4v) is 3.04. The minimum Gasteiger partial charge on any atom is -0.381 e. The second-order valence-corrected chi connectivity index (χ2v) is 4.70. The van der Waals surface area contributed by atoms with Crippen LogP contribution in [0.5, 0.6) is 0 Å². The molecular weight excluding hydrogens is 202 g/mol. The molecule has 1 aromatic rings. The first-order chi connectivity index (χ1) is 7.86. The maximum absolute atomic E-state index is 5.49. The van der Waals surface area contributed by atoms with Crippen LogP contribution in [-0.4, -0.2) is 29.3 Å². The molecule has 16 heavy (non-hydrogen) atoms. The minimum atomic E-state index is 0.137. The predicted octanol–water partition coefficient (Wildman–Crippen LogP) is 1.05. The summed E-state index contributed by atoms with van der Waals surface area (Å²) >= 11 is 0. The number of ether oxygens (including phenoxy) is 1. The van der Waals surface area contributed by atoms with Gasteiger partial charge >= 0.3 is 0 Å². The van der Waals surface area contributed by atoms with Gasteiger partial charge in [-0.1, -0.05) is 0 Å². The lowest BCUT2D eigenvalue weighted by Gasteiger charge is -2.41. The van der Waals surface area contributed by atoms with Crippen LogP contribution < -0.4 is 5.32 Å². The highest BCUT2D eigenvalue weighted by atomic mass is 16.5. The van der Waals surface area contributed by atoms with E-state index in [4.69, 9.17) is 4.74 Å².